The minimum Gasteiger partial charge on any atom is -0.347 e. The topological polar surface area (TPSA) is 72.0 Å². The summed E-state index contributed by atoms with van der Waals surface area (Å²) < 4.78 is 11.5. The number of fused-ring (bicyclic) bond motifs is 2. The molecule has 7 nitrogen and oxygen atoms in total. The fraction of sp³-hybridized carbons (Fsp3) is 0.435. The molecule has 0 N–H and O–H groups in total. The van der Waals surface area contributed by atoms with Crippen molar-refractivity contribution in [1.29, 1.82) is 0 Å². The second-order valence-electron chi connectivity index (χ2n) is 8.00. The van der Waals surface area contributed by atoms with Gasteiger partial charge in [-0.2, -0.15) is 0 Å². The number of benzene rings is 1. The summed E-state index contributed by atoms with van der Waals surface area (Å²) in [5.74, 6) is -0.556. The van der Waals surface area contributed by atoms with Gasteiger partial charge in [0, 0.05) is 49.1 Å². The van der Waals surface area contributed by atoms with Gasteiger partial charge in [-0.05, 0) is 36.8 Å². The fourth-order valence-electron chi connectivity index (χ4n) is 4.41. The molecule has 31 heavy (non-hydrogen) atoms. The van der Waals surface area contributed by atoms with E-state index in [9.17, 15) is 9.59 Å². The normalized spacial score (nSPS) is 19.8. The third-order valence-electron chi connectivity index (χ3n) is 6.02. The maximum Gasteiger partial charge on any atom is 0.261 e. The highest BCUT2D eigenvalue weighted by atomic mass is 32.2. The highest BCUT2D eigenvalue weighted by molar-refractivity contribution is 7.99. The Hall–Kier alpha value is -2.42. The summed E-state index contributed by atoms with van der Waals surface area (Å²) in [6.45, 7) is 5.12. The van der Waals surface area contributed by atoms with Crippen molar-refractivity contribution in [3.63, 3.8) is 0 Å². The van der Waals surface area contributed by atoms with E-state index in [1.165, 1.54) is 11.8 Å². The minimum atomic E-state index is -0.503. The van der Waals surface area contributed by atoms with E-state index in [1.807, 2.05) is 36.1 Å². The van der Waals surface area contributed by atoms with Crippen molar-refractivity contribution >= 4 is 29.3 Å². The van der Waals surface area contributed by atoms with E-state index in [0.717, 1.165) is 17.0 Å². The molecule has 8 heteroatoms. The molecule has 2 amide bonds. The molecule has 3 aliphatic rings. The molecule has 0 saturated carbocycles. The standard InChI is InChI=1S/C23H25N3O4S/c1-2-10-26-18-6-5-16(15-19(18)31-20-17(22(26)28)4-3-9-24-20)21(27)25-11-7-23(8-12-25)29-13-14-30-23/h3-6,9,15H,2,7-8,10-14H2,1H3. The molecule has 162 valence electrons. The van der Waals surface area contributed by atoms with Crippen molar-refractivity contribution in [2.45, 2.75) is 41.9 Å². The molecule has 2 aromatic rings. The predicted molar refractivity (Wildman–Crippen MR) is 117 cm³/mol. The van der Waals surface area contributed by atoms with Crippen molar-refractivity contribution in [1.82, 2.24) is 9.88 Å². The number of hydrogen-bond donors (Lipinski definition) is 0. The number of ether oxygens (including phenoxy) is 2. The maximum atomic E-state index is 13.2. The highest BCUT2D eigenvalue weighted by Gasteiger charge is 2.41. The smallest absolute Gasteiger partial charge is 0.261 e. The van der Waals surface area contributed by atoms with Crippen molar-refractivity contribution in [2.75, 3.05) is 37.7 Å². The number of carbonyl (C=O) groups is 2. The largest absolute Gasteiger partial charge is 0.347 e. The first-order valence-corrected chi connectivity index (χ1v) is 11.6. The lowest BCUT2D eigenvalue weighted by molar-refractivity contribution is -0.181. The third-order valence-corrected chi connectivity index (χ3v) is 7.09. The summed E-state index contributed by atoms with van der Waals surface area (Å²) in [7, 11) is 0. The number of rotatable bonds is 3. The number of carbonyl (C=O) groups excluding carboxylic acids is 2. The van der Waals surface area contributed by atoms with Crippen molar-refractivity contribution < 1.29 is 19.1 Å². The highest BCUT2D eigenvalue weighted by Crippen LogP contribution is 2.41. The lowest BCUT2D eigenvalue weighted by atomic mass is 10.0. The van der Waals surface area contributed by atoms with Crippen LogP contribution in [0.5, 0.6) is 0 Å². The number of anilines is 1. The molecular formula is C23H25N3O4S. The van der Waals surface area contributed by atoms with Gasteiger partial charge < -0.3 is 19.3 Å². The van der Waals surface area contributed by atoms with Crippen LogP contribution in [0.1, 0.15) is 46.9 Å². The van der Waals surface area contributed by atoms with E-state index in [-0.39, 0.29) is 11.8 Å². The number of hydrogen-bond acceptors (Lipinski definition) is 6. The number of nitrogens with zero attached hydrogens (tertiary/aromatic N) is 3. The molecule has 1 aromatic heterocycles. The molecule has 5 rings (SSSR count). The molecule has 0 atom stereocenters. The van der Waals surface area contributed by atoms with Gasteiger partial charge in [0.25, 0.3) is 11.8 Å². The lowest BCUT2D eigenvalue weighted by Crippen LogP contribution is -2.47. The van der Waals surface area contributed by atoms with Crippen LogP contribution in [0, 0.1) is 0 Å². The molecule has 4 heterocycles. The van der Waals surface area contributed by atoms with Crippen LogP contribution in [0.15, 0.2) is 46.5 Å². The third kappa shape index (κ3) is 3.73. The first-order valence-electron chi connectivity index (χ1n) is 10.8. The van der Waals surface area contributed by atoms with Crippen LogP contribution in [0.3, 0.4) is 0 Å². The fourth-order valence-corrected chi connectivity index (χ4v) is 5.47. The number of piperidine rings is 1. The van der Waals surface area contributed by atoms with Gasteiger partial charge in [-0.25, -0.2) is 4.98 Å². The molecule has 2 fully saturated rings. The van der Waals surface area contributed by atoms with Gasteiger partial charge in [0.2, 0.25) is 0 Å². The summed E-state index contributed by atoms with van der Waals surface area (Å²) in [5.41, 5.74) is 2.05. The van der Waals surface area contributed by atoms with Gasteiger partial charge in [-0.1, -0.05) is 18.7 Å². The molecule has 0 radical (unpaired) electrons. The SMILES string of the molecule is CCCN1C(=O)c2cccnc2Sc2cc(C(=O)N3CCC4(CC3)OCCO4)ccc21. The van der Waals surface area contributed by atoms with E-state index in [0.29, 0.717) is 61.8 Å². The number of likely N-dealkylation sites (tertiary alicyclic amines) is 1. The molecule has 0 unspecified atom stereocenters. The van der Waals surface area contributed by atoms with Crippen LogP contribution >= 0.6 is 11.8 Å². The first-order chi connectivity index (χ1) is 15.1. The Labute approximate surface area is 185 Å². The molecule has 2 saturated heterocycles. The second-order valence-corrected chi connectivity index (χ2v) is 9.03. The lowest BCUT2D eigenvalue weighted by Gasteiger charge is -2.37. The Bertz CT molecular complexity index is 1010. The van der Waals surface area contributed by atoms with Crippen LogP contribution in [0.4, 0.5) is 5.69 Å². The average Bonchev–Trinajstić information content (AvgIpc) is 3.21. The quantitative estimate of drug-likeness (QED) is 0.728. The average molecular weight is 440 g/mol. The Morgan fingerprint density at radius 2 is 1.97 bits per heavy atom. The molecular weight excluding hydrogens is 414 g/mol. The maximum absolute atomic E-state index is 13.2. The van der Waals surface area contributed by atoms with Crippen molar-refractivity contribution in [2.24, 2.45) is 0 Å². The Morgan fingerprint density at radius 1 is 1.19 bits per heavy atom. The van der Waals surface area contributed by atoms with Gasteiger partial charge in [0.05, 0.1) is 24.5 Å². The zero-order valence-corrected chi connectivity index (χ0v) is 18.3. The van der Waals surface area contributed by atoms with E-state index in [4.69, 9.17) is 9.47 Å². The second kappa shape index (κ2) is 8.26. The van der Waals surface area contributed by atoms with Crippen LogP contribution in [-0.2, 0) is 9.47 Å². The zero-order chi connectivity index (χ0) is 21.4. The Morgan fingerprint density at radius 3 is 2.71 bits per heavy atom. The van der Waals surface area contributed by atoms with E-state index >= 15 is 0 Å². The van der Waals surface area contributed by atoms with Gasteiger partial charge in [-0.3, -0.25) is 9.59 Å². The van der Waals surface area contributed by atoms with Gasteiger partial charge in [0.15, 0.2) is 5.79 Å². The van der Waals surface area contributed by atoms with Crippen LogP contribution < -0.4 is 4.90 Å². The Kier molecular flexibility index (Phi) is 5.45. The van der Waals surface area contributed by atoms with E-state index < -0.39 is 5.79 Å². The predicted octanol–water partition coefficient (Wildman–Crippen LogP) is 3.58. The number of aromatic nitrogens is 1. The summed E-state index contributed by atoms with van der Waals surface area (Å²) in [5, 5.41) is 0.674. The van der Waals surface area contributed by atoms with Crippen molar-refractivity contribution in [3.05, 3.63) is 47.7 Å². The number of amides is 2. The van der Waals surface area contributed by atoms with Gasteiger partial charge >= 0.3 is 0 Å². The van der Waals surface area contributed by atoms with Crippen LogP contribution in [0.25, 0.3) is 0 Å². The summed E-state index contributed by atoms with van der Waals surface area (Å²) >= 11 is 1.45. The molecule has 0 bridgehead atoms. The summed E-state index contributed by atoms with van der Waals surface area (Å²) in [6, 6.07) is 9.22. The monoisotopic (exact) mass is 439 g/mol. The van der Waals surface area contributed by atoms with Gasteiger partial charge in [-0.15, -0.1) is 0 Å². The van der Waals surface area contributed by atoms with Crippen molar-refractivity contribution in [3.8, 4) is 0 Å². The molecule has 1 spiro atoms. The molecule has 0 aliphatic carbocycles. The van der Waals surface area contributed by atoms with Crippen LogP contribution in [0.2, 0.25) is 0 Å². The van der Waals surface area contributed by atoms with Crippen LogP contribution in [-0.4, -0.2) is 60.3 Å². The Balaban J connectivity index is 1.43. The van der Waals surface area contributed by atoms with E-state index in [2.05, 4.69) is 4.98 Å². The summed E-state index contributed by atoms with van der Waals surface area (Å²) in [6.07, 6.45) is 3.91. The number of pyridine rings is 1. The zero-order valence-electron chi connectivity index (χ0n) is 17.5. The first kappa shape index (κ1) is 20.5. The van der Waals surface area contributed by atoms with Gasteiger partial charge in [0.1, 0.15) is 5.03 Å². The molecule has 1 aromatic carbocycles. The minimum absolute atomic E-state index is 0.00453. The summed E-state index contributed by atoms with van der Waals surface area (Å²) in [4.78, 5) is 35.3. The van der Waals surface area contributed by atoms with E-state index in [1.54, 1.807) is 17.2 Å². The molecule has 3 aliphatic heterocycles.